The summed E-state index contributed by atoms with van der Waals surface area (Å²) in [5.41, 5.74) is 1.28. The zero-order valence-electron chi connectivity index (χ0n) is 10.6. The molecule has 3 nitrogen and oxygen atoms in total. The van der Waals surface area contributed by atoms with Crippen molar-refractivity contribution >= 4 is 0 Å². The summed E-state index contributed by atoms with van der Waals surface area (Å²) in [5, 5.41) is 13.1. The topological polar surface area (TPSA) is 41.5 Å². The van der Waals surface area contributed by atoms with Crippen molar-refractivity contribution in [1.29, 1.82) is 0 Å². The molecule has 1 fully saturated rings. The zero-order chi connectivity index (χ0) is 12.3. The van der Waals surface area contributed by atoms with Crippen LogP contribution in [0.15, 0.2) is 24.3 Å². The van der Waals surface area contributed by atoms with E-state index >= 15 is 0 Å². The van der Waals surface area contributed by atoms with Crippen LogP contribution in [0.1, 0.15) is 31.2 Å². The average Bonchev–Trinajstić information content (AvgIpc) is 2.29. The Kier molecular flexibility index (Phi) is 3.69. The lowest BCUT2D eigenvalue weighted by Crippen LogP contribution is -2.51. The normalized spacial score (nSPS) is 29.2. The number of phenolic OH excluding ortho intramolecular Hbond substituents is 1. The molecule has 2 rings (SSSR count). The van der Waals surface area contributed by atoms with Gasteiger partial charge in [0.15, 0.2) is 0 Å². The van der Waals surface area contributed by atoms with Crippen LogP contribution in [-0.4, -0.2) is 30.9 Å². The number of benzene rings is 1. The standard InChI is InChI=1S/C14H21NO2/c1-14(10-17-2)9-12(6-7-15-14)11-4-3-5-13(16)8-11/h3-5,8,12,15-16H,6-7,9-10H2,1-2H3. The number of rotatable bonds is 3. The van der Waals surface area contributed by atoms with Gasteiger partial charge in [-0.05, 0) is 49.9 Å². The summed E-state index contributed by atoms with van der Waals surface area (Å²) in [5.74, 6) is 0.859. The predicted molar refractivity (Wildman–Crippen MR) is 68.4 cm³/mol. The van der Waals surface area contributed by atoms with Crippen molar-refractivity contribution in [3.8, 4) is 5.75 Å². The van der Waals surface area contributed by atoms with Crippen molar-refractivity contribution in [2.75, 3.05) is 20.3 Å². The van der Waals surface area contributed by atoms with Crippen LogP contribution in [0.25, 0.3) is 0 Å². The van der Waals surface area contributed by atoms with E-state index in [1.807, 2.05) is 12.1 Å². The summed E-state index contributed by atoms with van der Waals surface area (Å²) in [6.45, 7) is 3.92. The number of ether oxygens (including phenoxy) is 1. The Balaban J connectivity index is 2.12. The fourth-order valence-electron chi connectivity index (χ4n) is 2.76. The van der Waals surface area contributed by atoms with Crippen LogP contribution in [0.2, 0.25) is 0 Å². The molecule has 0 bridgehead atoms. The van der Waals surface area contributed by atoms with E-state index in [1.165, 1.54) is 5.56 Å². The van der Waals surface area contributed by atoms with Crippen molar-refractivity contribution < 1.29 is 9.84 Å². The Morgan fingerprint density at radius 1 is 1.53 bits per heavy atom. The monoisotopic (exact) mass is 235 g/mol. The van der Waals surface area contributed by atoms with Crippen LogP contribution in [0.4, 0.5) is 0 Å². The number of methoxy groups -OCH3 is 1. The summed E-state index contributed by atoms with van der Waals surface area (Å²) in [6, 6.07) is 7.62. The van der Waals surface area contributed by atoms with Crippen LogP contribution in [0.3, 0.4) is 0 Å². The molecule has 1 aliphatic heterocycles. The van der Waals surface area contributed by atoms with Crippen molar-refractivity contribution in [2.24, 2.45) is 0 Å². The Morgan fingerprint density at radius 2 is 2.35 bits per heavy atom. The lowest BCUT2D eigenvalue weighted by Gasteiger charge is -2.39. The van der Waals surface area contributed by atoms with Gasteiger partial charge in [-0.1, -0.05) is 12.1 Å². The highest BCUT2D eigenvalue weighted by molar-refractivity contribution is 5.30. The van der Waals surface area contributed by atoms with Crippen LogP contribution >= 0.6 is 0 Å². The van der Waals surface area contributed by atoms with Crippen LogP contribution in [0.5, 0.6) is 5.75 Å². The maximum Gasteiger partial charge on any atom is 0.115 e. The summed E-state index contributed by atoms with van der Waals surface area (Å²) in [6.07, 6.45) is 2.16. The molecule has 2 atom stereocenters. The first kappa shape index (κ1) is 12.4. The van der Waals surface area contributed by atoms with Gasteiger partial charge in [0.2, 0.25) is 0 Å². The van der Waals surface area contributed by atoms with Gasteiger partial charge in [-0.15, -0.1) is 0 Å². The molecule has 1 aromatic carbocycles. The number of piperidine rings is 1. The molecule has 1 heterocycles. The zero-order valence-corrected chi connectivity index (χ0v) is 10.6. The van der Waals surface area contributed by atoms with Gasteiger partial charge >= 0.3 is 0 Å². The number of nitrogens with one attached hydrogen (secondary N) is 1. The maximum absolute atomic E-state index is 9.54. The summed E-state index contributed by atoms with van der Waals surface area (Å²) in [7, 11) is 1.74. The molecule has 0 aliphatic carbocycles. The third-order valence-electron chi connectivity index (χ3n) is 3.55. The van der Waals surface area contributed by atoms with Gasteiger partial charge in [0.1, 0.15) is 5.75 Å². The quantitative estimate of drug-likeness (QED) is 0.844. The molecular weight excluding hydrogens is 214 g/mol. The van der Waals surface area contributed by atoms with E-state index in [0.717, 1.165) is 26.0 Å². The van der Waals surface area contributed by atoms with E-state index < -0.39 is 0 Å². The number of hydrogen-bond donors (Lipinski definition) is 2. The fraction of sp³-hybridized carbons (Fsp3) is 0.571. The van der Waals surface area contributed by atoms with Gasteiger partial charge in [0.05, 0.1) is 6.61 Å². The molecule has 94 valence electrons. The fourth-order valence-corrected chi connectivity index (χ4v) is 2.76. The second kappa shape index (κ2) is 5.07. The van der Waals surface area contributed by atoms with Gasteiger partial charge in [-0.25, -0.2) is 0 Å². The van der Waals surface area contributed by atoms with E-state index in [-0.39, 0.29) is 5.54 Å². The first-order valence-electron chi connectivity index (χ1n) is 6.16. The van der Waals surface area contributed by atoms with E-state index in [1.54, 1.807) is 13.2 Å². The number of aromatic hydroxyl groups is 1. The molecule has 2 N–H and O–H groups in total. The maximum atomic E-state index is 9.54. The van der Waals surface area contributed by atoms with Crippen molar-refractivity contribution in [2.45, 2.75) is 31.2 Å². The number of phenols is 1. The van der Waals surface area contributed by atoms with Gasteiger partial charge in [0.25, 0.3) is 0 Å². The summed E-state index contributed by atoms with van der Waals surface area (Å²) < 4.78 is 5.28. The molecule has 0 radical (unpaired) electrons. The lowest BCUT2D eigenvalue weighted by molar-refractivity contribution is 0.0946. The largest absolute Gasteiger partial charge is 0.508 e. The molecule has 1 aromatic rings. The summed E-state index contributed by atoms with van der Waals surface area (Å²) >= 11 is 0. The molecule has 0 saturated carbocycles. The third kappa shape index (κ3) is 2.99. The van der Waals surface area contributed by atoms with Crippen molar-refractivity contribution in [3.05, 3.63) is 29.8 Å². The van der Waals surface area contributed by atoms with E-state index in [0.29, 0.717) is 11.7 Å². The molecule has 1 saturated heterocycles. The van der Waals surface area contributed by atoms with Crippen molar-refractivity contribution in [3.63, 3.8) is 0 Å². The van der Waals surface area contributed by atoms with Crippen LogP contribution in [-0.2, 0) is 4.74 Å². The highest BCUT2D eigenvalue weighted by atomic mass is 16.5. The Bertz CT molecular complexity index is 376. The van der Waals surface area contributed by atoms with Gasteiger partial charge in [-0.3, -0.25) is 0 Å². The van der Waals surface area contributed by atoms with Crippen molar-refractivity contribution in [1.82, 2.24) is 5.32 Å². The van der Waals surface area contributed by atoms with Gasteiger partial charge in [0, 0.05) is 12.6 Å². The van der Waals surface area contributed by atoms with Crippen LogP contribution < -0.4 is 5.32 Å². The lowest BCUT2D eigenvalue weighted by atomic mass is 9.80. The first-order chi connectivity index (χ1) is 8.13. The first-order valence-corrected chi connectivity index (χ1v) is 6.16. The molecular formula is C14H21NO2. The average molecular weight is 235 g/mol. The Hall–Kier alpha value is -1.06. The van der Waals surface area contributed by atoms with E-state index in [9.17, 15) is 5.11 Å². The molecule has 0 spiro atoms. The second-order valence-corrected chi connectivity index (χ2v) is 5.21. The minimum Gasteiger partial charge on any atom is -0.508 e. The Morgan fingerprint density at radius 3 is 3.06 bits per heavy atom. The van der Waals surface area contributed by atoms with E-state index in [2.05, 4.69) is 18.3 Å². The Labute approximate surface area is 103 Å². The van der Waals surface area contributed by atoms with Gasteiger partial charge < -0.3 is 15.2 Å². The molecule has 3 heteroatoms. The van der Waals surface area contributed by atoms with Gasteiger partial charge in [-0.2, -0.15) is 0 Å². The molecule has 1 aliphatic rings. The molecule has 0 aromatic heterocycles. The number of hydrogen-bond acceptors (Lipinski definition) is 3. The molecule has 17 heavy (non-hydrogen) atoms. The summed E-state index contributed by atoms with van der Waals surface area (Å²) in [4.78, 5) is 0. The second-order valence-electron chi connectivity index (χ2n) is 5.21. The molecule has 2 unspecified atom stereocenters. The highest BCUT2D eigenvalue weighted by Crippen LogP contribution is 2.33. The minimum absolute atomic E-state index is 0.0448. The minimum atomic E-state index is 0.0448. The van der Waals surface area contributed by atoms with E-state index in [4.69, 9.17) is 4.74 Å². The predicted octanol–water partition coefficient (Wildman–Crippen LogP) is 2.26. The molecule has 0 amide bonds. The smallest absolute Gasteiger partial charge is 0.115 e. The van der Waals surface area contributed by atoms with Crippen LogP contribution in [0, 0.1) is 0 Å². The third-order valence-corrected chi connectivity index (χ3v) is 3.55. The SMILES string of the molecule is COCC1(C)CC(c2cccc(O)c2)CCN1. The highest BCUT2D eigenvalue weighted by Gasteiger charge is 2.32.